The van der Waals surface area contributed by atoms with Crippen LogP contribution in [0.25, 0.3) is 6.08 Å². The first-order chi connectivity index (χ1) is 11.0. The number of rotatable bonds is 5. The molecule has 0 radical (unpaired) electrons. The molecule has 2 nitrogen and oxygen atoms in total. The third kappa shape index (κ3) is 3.50. The Bertz CT molecular complexity index is 882. The molecule has 1 aromatic carbocycles. The number of hydrogen-bond acceptors (Lipinski definition) is 2. The van der Waals surface area contributed by atoms with Gasteiger partial charge in [-0.15, -0.1) is 24.8 Å². The van der Waals surface area contributed by atoms with Gasteiger partial charge < -0.3 is 0 Å². The number of fused-ring (bicyclic) bond motifs is 1. The molecule has 1 atom stereocenters. The van der Waals surface area contributed by atoms with E-state index in [-0.39, 0.29) is 28.4 Å². The van der Waals surface area contributed by atoms with E-state index in [1.807, 2.05) is 7.11 Å². The van der Waals surface area contributed by atoms with Gasteiger partial charge in [-0.2, -0.15) is 0 Å². The second-order valence-corrected chi connectivity index (χ2v) is 31.9. The van der Waals surface area contributed by atoms with Gasteiger partial charge in [0.15, 0.2) is 0 Å². The van der Waals surface area contributed by atoms with Crippen molar-refractivity contribution < 1.29 is 23.0 Å². The van der Waals surface area contributed by atoms with E-state index in [1.165, 1.54) is 14.4 Å². The summed E-state index contributed by atoms with van der Waals surface area (Å²) in [6.07, 6.45) is 11.9. The van der Waals surface area contributed by atoms with Gasteiger partial charge in [0.1, 0.15) is 0 Å². The number of allylic oxidation sites excluding steroid dienone is 5. The van der Waals surface area contributed by atoms with Crippen LogP contribution in [-0.2, 0) is 23.0 Å². The van der Waals surface area contributed by atoms with Crippen LogP contribution in [0, 0.1) is 0 Å². The van der Waals surface area contributed by atoms with E-state index >= 15 is 0 Å². The van der Waals surface area contributed by atoms with E-state index in [9.17, 15) is 0 Å². The molecule has 3 rings (SSSR count). The molecule has 0 heterocycles. The molecule has 145 valence electrons. The van der Waals surface area contributed by atoms with Gasteiger partial charge in [0.05, 0.1) is 0 Å². The summed E-state index contributed by atoms with van der Waals surface area (Å²) in [5, 5.41) is 0. The summed E-state index contributed by atoms with van der Waals surface area (Å²) in [6.45, 7) is 6.71. The summed E-state index contributed by atoms with van der Waals surface area (Å²) in [4.78, 5) is 0. The summed E-state index contributed by atoms with van der Waals surface area (Å²) in [7, 11) is -0.0967. The average Bonchev–Trinajstić information content (AvgIpc) is 3.16. The predicted molar refractivity (Wildman–Crippen MR) is 119 cm³/mol. The van der Waals surface area contributed by atoms with Gasteiger partial charge in [-0.25, -0.2) is 0 Å². The molecule has 1 unspecified atom stereocenters. The first-order valence-corrected chi connectivity index (χ1v) is 21.0. The molecule has 6 heteroatoms. The standard InChI is InChI=1S/C9H7.C5H5.C3H9OSi.CH3O.CH3.CH2.2ClH.Zr/c1-2-5-9-7-3-6-8(9)4-1;1-2-4-5-3-1;1-5(2,3)4;1-2;;;;;/h1-7H;1-3H,4H2;1-3H3;1H3;1H3;1H2;2*1H;/q;;2*-1;;;;;+2. The average molecular weight is 494 g/mol. The molecule has 0 amide bonds. The van der Waals surface area contributed by atoms with Gasteiger partial charge in [-0.05, 0) is 0 Å². The van der Waals surface area contributed by atoms with E-state index < -0.39 is 26.0 Å². The zero-order chi connectivity index (χ0) is 17.7. The predicted octanol–water partition coefficient (Wildman–Crippen LogP) is 6.48. The van der Waals surface area contributed by atoms with Gasteiger partial charge in [-0.3, -0.25) is 0 Å². The summed E-state index contributed by atoms with van der Waals surface area (Å²) in [5.74, 6) is 0. The van der Waals surface area contributed by atoms with Crippen molar-refractivity contribution in [2.24, 2.45) is 0 Å². The second-order valence-electron chi connectivity index (χ2n) is 8.85. The zero-order valence-corrected chi connectivity index (χ0v) is 21.4. The molecule has 0 saturated carbocycles. The summed E-state index contributed by atoms with van der Waals surface area (Å²) in [5.41, 5.74) is 2.55. The van der Waals surface area contributed by atoms with Crippen LogP contribution in [0.5, 0.6) is 0 Å². The van der Waals surface area contributed by atoms with E-state index in [4.69, 9.17) is 9.53 Å². The van der Waals surface area contributed by atoms with Crippen molar-refractivity contribution in [1.29, 1.82) is 0 Å². The molecule has 2 aliphatic carbocycles. The number of hydrogen-bond donors (Lipinski definition) is 0. The fourth-order valence-corrected chi connectivity index (χ4v) is 34.1. The van der Waals surface area contributed by atoms with Gasteiger partial charge >= 0.3 is 146 Å². The Hall–Kier alpha value is -0.0900. The molecule has 0 aliphatic heterocycles. The molecule has 0 saturated heterocycles. The van der Waals surface area contributed by atoms with Gasteiger partial charge in [-0.1, -0.05) is 0 Å². The molecule has 0 aromatic heterocycles. The van der Waals surface area contributed by atoms with E-state index in [0.29, 0.717) is 0 Å². The molecule has 0 bridgehead atoms. The SMILES string of the molecule is Cl.Cl.[CH2]=[Zr]([CH3])([O]C)([O][Si](C)(C)C)([C]1=CC=CC1)[CH]1C=Cc2ccccc21. The second kappa shape index (κ2) is 7.06. The Balaban J connectivity index is 0.00000169. The van der Waals surface area contributed by atoms with Gasteiger partial charge in [0, 0.05) is 0 Å². The van der Waals surface area contributed by atoms with Crippen molar-refractivity contribution in [1.82, 2.24) is 0 Å². The summed E-state index contributed by atoms with van der Waals surface area (Å²) in [6, 6.07) is 8.56. The summed E-state index contributed by atoms with van der Waals surface area (Å²) >= 11 is -5.01. The zero-order valence-electron chi connectivity index (χ0n) is 16.3. The van der Waals surface area contributed by atoms with Gasteiger partial charge in [0.25, 0.3) is 0 Å². The van der Waals surface area contributed by atoms with E-state index in [2.05, 4.69) is 78.9 Å². The van der Waals surface area contributed by atoms with Crippen molar-refractivity contribution >= 4 is 43.4 Å². The topological polar surface area (TPSA) is 18.5 Å². The molecular weight excluding hydrogens is 462 g/mol. The monoisotopic (exact) mass is 491 g/mol. The van der Waals surface area contributed by atoms with Crippen LogP contribution in [0.1, 0.15) is 21.2 Å². The van der Waals surface area contributed by atoms with Crippen LogP contribution in [0.15, 0.2) is 51.9 Å². The Kier molecular flexibility index (Phi) is 6.50. The van der Waals surface area contributed by atoms with Crippen LogP contribution in [0.3, 0.4) is 0 Å². The molecule has 2 aliphatic rings. The molecule has 0 fully saturated rings. The van der Waals surface area contributed by atoms with Crippen LogP contribution >= 0.6 is 24.8 Å². The van der Waals surface area contributed by atoms with Crippen molar-refractivity contribution in [3.8, 4) is 0 Å². The minimum absolute atomic E-state index is 0. The number of halogens is 2. The molecule has 26 heavy (non-hydrogen) atoms. The van der Waals surface area contributed by atoms with E-state index in [0.717, 1.165) is 6.42 Å². The first-order valence-electron chi connectivity index (χ1n) is 8.70. The molecule has 0 N–H and O–H groups in total. The van der Waals surface area contributed by atoms with Crippen molar-refractivity contribution in [3.05, 3.63) is 63.0 Å². The Labute approximate surface area is 169 Å². The quantitative estimate of drug-likeness (QED) is 0.438. The Morgan fingerprint density at radius 2 is 1.81 bits per heavy atom. The van der Waals surface area contributed by atoms with Gasteiger partial charge in [0.2, 0.25) is 0 Å². The van der Waals surface area contributed by atoms with Crippen molar-refractivity contribution in [2.75, 3.05) is 7.11 Å². The normalized spacial score (nSPS) is 21.1. The van der Waals surface area contributed by atoms with Crippen LogP contribution in [-0.4, -0.2) is 19.6 Å². The third-order valence-corrected chi connectivity index (χ3v) is 31.2. The third-order valence-electron chi connectivity index (χ3n) is 5.79. The minimum atomic E-state index is -5.01. The van der Waals surface area contributed by atoms with Crippen LogP contribution in [0.4, 0.5) is 0 Å². The Morgan fingerprint density at radius 3 is 2.35 bits per heavy atom. The molecular formula is C20H31Cl2O2SiZr. The fourth-order valence-electron chi connectivity index (χ4n) is 4.64. The van der Waals surface area contributed by atoms with Crippen LogP contribution < -0.4 is 0 Å². The maximum atomic E-state index is 7.12. The Morgan fingerprint density at radius 1 is 1.15 bits per heavy atom. The van der Waals surface area contributed by atoms with Crippen molar-refractivity contribution in [2.45, 2.75) is 34.3 Å². The molecule has 0 spiro atoms. The van der Waals surface area contributed by atoms with Crippen LogP contribution in [0.2, 0.25) is 24.3 Å². The van der Waals surface area contributed by atoms with E-state index in [1.54, 1.807) is 0 Å². The number of benzene rings is 1. The first kappa shape index (κ1) is 23.9. The fraction of sp³-hybridized carbons (Fsp3) is 0.350. The van der Waals surface area contributed by atoms with Crippen molar-refractivity contribution in [3.63, 3.8) is 0 Å². The maximum absolute atomic E-state index is 7.12. The molecule has 1 aromatic rings. The summed E-state index contributed by atoms with van der Waals surface area (Å²) < 4.78 is 22.2.